The highest BCUT2D eigenvalue weighted by atomic mass is 16.5. The van der Waals surface area contributed by atoms with E-state index in [2.05, 4.69) is 4.74 Å². The standard InChI is InChI=1S/C10H16O3/c1-4-7-6-10(7,8(11)5-2)9(12)13-3/h7H,4-6H2,1-3H3. The smallest absolute Gasteiger partial charge is 0.319 e. The van der Waals surface area contributed by atoms with Gasteiger partial charge in [-0.3, -0.25) is 9.59 Å². The van der Waals surface area contributed by atoms with E-state index in [0.717, 1.165) is 6.42 Å². The maximum atomic E-state index is 11.6. The minimum absolute atomic E-state index is 0.0335. The molecule has 1 fully saturated rings. The molecule has 3 heteroatoms. The first kappa shape index (κ1) is 10.2. The summed E-state index contributed by atoms with van der Waals surface area (Å²) in [5.74, 6) is -0.0928. The lowest BCUT2D eigenvalue weighted by molar-refractivity contribution is -0.152. The molecule has 0 heterocycles. The van der Waals surface area contributed by atoms with Crippen LogP contribution in [0.4, 0.5) is 0 Å². The van der Waals surface area contributed by atoms with Crippen molar-refractivity contribution in [2.45, 2.75) is 33.1 Å². The number of hydrogen-bond donors (Lipinski definition) is 0. The van der Waals surface area contributed by atoms with E-state index in [1.54, 1.807) is 6.92 Å². The Labute approximate surface area is 78.5 Å². The van der Waals surface area contributed by atoms with Gasteiger partial charge in [0.05, 0.1) is 7.11 Å². The van der Waals surface area contributed by atoms with E-state index in [0.29, 0.717) is 12.8 Å². The Kier molecular flexibility index (Phi) is 2.74. The molecule has 0 aromatic heterocycles. The number of ether oxygens (including phenoxy) is 1. The van der Waals surface area contributed by atoms with E-state index in [9.17, 15) is 9.59 Å². The van der Waals surface area contributed by atoms with Gasteiger partial charge in [-0.1, -0.05) is 20.3 Å². The average molecular weight is 184 g/mol. The second kappa shape index (κ2) is 3.48. The molecule has 0 saturated heterocycles. The van der Waals surface area contributed by atoms with E-state index in [1.165, 1.54) is 7.11 Å². The molecule has 74 valence electrons. The summed E-state index contributed by atoms with van der Waals surface area (Å²) in [7, 11) is 1.35. The van der Waals surface area contributed by atoms with Crippen LogP contribution in [0, 0.1) is 11.3 Å². The van der Waals surface area contributed by atoms with Gasteiger partial charge in [0.1, 0.15) is 11.2 Å². The second-order valence-corrected chi connectivity index (χ2v) is 3.55. The van der Waals surface area contributed by atoms with Crippen molar-refractivity contribution in [3.8, 4) is 0 Å². The summed E-state index contributed by atoms with van der Waals surface area (Å²) in [6.45, 7) is 3.79. The number of ketones is 1. The Balaban J connectivity index is 2.80. The van der Waals surface area contributed by atoms with Crippen LogP contribution in [-0.2, 0) is 14.3 Å². The van der Waals surface area contributed by atoms with Crippen molar-refractivity contribution in [1.82, 2.24) is 0 Å². The SMILES string of the molecule is CCC(=O)C1(C(=O)OC)CC1CC. The van der Waals surface area contributed by atoms with Gasteiger partial charge in [0, 0.05) is 6.42 Å². The van der Waals surface area contributed by atoms with E-state index >= 15 is 0 Å². The Bertz CT molecular complexity index is 216. The molecule has 0 N–H and O–H groups in total. The monoisotopic (exact) mass is 184 g/mol. The van der Waals surface area contributed by atoms with Crippen LogP contribution in [0.3, 0.4) is 0 Å². The van der Waals surface area contributed by atoms with Crippen LogP contribution < -0.4 is 0 Å². The van der Waals surface area contributed by atoms with Crippen LogP contribution in [0.1, 0.15) is 33.1 Å². The molecule has 1 aliphatic rings. The maximum Gasteiger partial charge on any atom is 0.319 e. The van der Waals surface area contributed by atoms with Gasteiger partial charge in [0.15, 0.2) is 0 Å². The molecule has 0 spiro atoms. The van der Waals surface area contributed by atoms with Crippen LogP contribution in [0.15, 0.2) is 0 Å². The fraction of sp³-hybridized carbons (Fsp3) is 0.800. The summed E-state index contributed by atoms with van der Waals surface area (Å²) < 4.78 is 4.67. The zero-order valence-corrected chi connectivity index (χ0v) is 8.42. The first-order chi connectivity index (χ1) is 6.13. The van der Waals surface area contributed by atoms with Crippen LogP contribution in [0.5, 0.6) is 0 Å². The molecule has 0 aliphatic heterocycles. The third-order valence-electron chi connectivity index (χ3n) is 2.97. The lowest BCUT2D eigenvalue weighted by atomic mass is 9.95. The molecule has 0 radical (unpaired) electrons. The zero-order valence-electron chi connectivity index (χ0n) is 8.42. The molecular formula is C10H16O3. The molecule has 3 nitrogen and oxygen atoms in total. The third kappa shape index (κ3) is 1.36. The molecule has 0 aromatic carbocycles. The Morgan fingerprint density at radius 1 is 1.46 bits per heavy atom. The molecular weight excluding hydrogens is 168 g/mol. The first-order valence-electron chi connectivity index (χ1n) is 4.75. The normalized spacial score (nSPS) is 31.2. The summed E-state index contributed by atoms with van der Waals surface area (Å²) >= 11 is 0. The number of carbonyl (C=O) groups is 2. The zero-order chi connectivity index (χ0) is 10.1. The van der Waals surface area contributed by atoms with Crippen molar-refractivity contribution in [3.63, 3.8) is 0 Å². The van der Waals surface area contributed by atoms with Gasteiger partial charge in [0.25, 0.3) is 0 Å². The number of esters is 1. The Morgan fingerprint density at radius 3 is 2.38 bits per heavy atom. The Hall–Kier alpha value is -0.860. The molecule has 0 aromatic rings. The van der Waals surface area contributed by atoms with Gasteiger partial charge in [-0.05, 0) is 12.3 Å². The predicted molar refractivity (Wildman–Crippen MR) is 48.1 cm³/mol. The van der Waals surface area contributed by atoms with Gasteiger partial charge in [0.2, 0.25) is 0 Å². The van der Waals surface area contributed by atoms with Crippen LogP contribution in [0.25, 0.3) is 0 Å². The highest BCUT2D eigenvalue weighted by Gasteiger charge is 2.64. The van der Waals surface area contributed by atoms with Crippen molar-refractivity contribution in [1.29, 1.82) is 0 Å². The second-order valence-electron chi connectivity index (χ2n) is 3.55. The van der Waals surface area contributed by atoms with Crippen molar-refractivity contribution in [3.05, 3.63) is 0 Å². The molecule has 0 amide bonds. The minimum Gasteiger partial charge on any atom is -0.468 e. The molecule has 0 bridgehead atoms. The summed E-state index contributed by atoms with van der Waals surface area (Å²) in [5.41, 5.74) is -0.766. The molecule has 1 aliphatic carbocycles. The summed E-state index contributed by atoms with van der Waals surface area (Å²) in [6.07, 6.45) is 1.98. The van der Waals surface area contributed by atoms with E-state index in [4.69, 9.17) is 0 Å². The number of hydrogen-bond acceptors (Lipinski definition) is 3. The minimum atomic E-state index is -0.766. The van der Waals surface area contributed by atoms with E-state index < -0.39 is 5.41 Å². The lowest BCUT2D eigenvalue weighted by Gasteiger charge is -2.11. The van der Waals surface area contributed by atoms with Crippen molar-refractivity contribution >= 4 is 11.8 Å². The van der Waals surface area contributed by atoms with E-state index in [-0.39, 0.29) is 17.7 Å². The average Bonchev–Trinajstić information content (AvgIpc) is 2.91. The molecule has 2 unspecified atom stereocenters. The molecule has 1 saturated carbocycles. The van der Waals surface area contributed by atoms with Crippen LogP contribution in [0.2, 0.25) is 0 Å². The van der Waals surface area contributed by atoms with Gasteiger partial charge < -0.3 is 4.74 Å². The van der Waals surface area contributed by atoms with Crippen LogP contribution >= 0.6 is 0 Å². The largest absolute Gasteiger partial charge is 0.468 e. The number of methoxy groups -OCH3 is 1. The highest BCUT2D eigenvalue weighted by Crippen LogP contribution is 2.56. The first-order valence-corrected chi connectivity index (χ1v) is 4.75. The number of rotatable bonds is 4. The molecule has 2 atom stereocenters. The van der Waals surface area contributed by atoms with Gasteiger partial charge in [-0.2, -0.15) is 0 Å². The summed E-state index contributed by atoms with van der Waals surface area (Å²) in [6, 6.07) is 0. The summed E-state index contributed by atoms with van der Waals surface area (Å²) in [5, 5.41) is 0. The quantitative estimate of drug-likeness (QED) is 0.492. The van der Waals surface area contributed by atoms with Crippen molar-refractivity contribution in [2.24, 2.45) is 11.3 Å². The van der Waals surface area contributed by atoms with Crippen molar-refractivity contribution in [2.75, 3.05) is 7.11 Å². The van der Waals surface area contributed by atoms with E-state index in [1.807, 2.05) is 6.92 Å². The summed E-state index contributed by atoms with van der Waals surface area (Å²) in [4.78, 5) is 23.0. The topological polar surface area (TPSA) is 43.4 Å². The highest BCUT2D eigenvalue weighted by molar-refractivity contribution is 6.07. The fourth-order valence-electron chi connectivity index (χ4n) is 2.03. The lowest BCUT2D eigenvalue weighted by Crippen LogP contribution is -2.28. The molecule has 1 rings (SSSR count). The van der Waals surface area contributed by atoms with Crippen LogP contribution in [-0.4, -0.2) is 18.9 Å². The molecule has 13 heavy (non-hydrogen) atoms. The number of carbonyl (C=O) groups excluding carboxylic acids is 2. The predicted octanol–water partition coefficient (Wildman–Crippen LogP) is 1.55. The van der Waals surface area contributed by atoms with Gasteiger partial charge in [-0.25, -0.2) is 0 Å². The fourth-order valence-corrected chi connectivity index (χ4v) is 2.03. The maximum absolute atomic E-state index is 11.6. The van der Waals surface area contributed by atoms with Crippen molar-refractivity contribution < 1.29 is 14.3 Å². The van der Waals surface area contributed by atoms with Gasteiger partial charge >= 0.3 is 5.97 Å². The Morgan fingerprint density at radius 2 is 2.08 bits per heavy atom. The number of Topliss-reactive ketones (excluding diaryl/α,β-unsaturated/α-hetero) is 1. The van der Waals surface area contributed by atoms with Gasteiger partial charge in [-0.15, -0.1) is 0 Å². The third-order valence-corrected chi connectivity index (χ3v) is 2.97.